The van der Waals surface area contributed by atoms with Crippen molar-refractivity contribution in [3.63, 3.8) is 0 Å². The van der Waals surface area contributed by atoms with Crippen molar-refractivity contribution in [1.82, 2.24) is 4.98 Å². The molecule has 0 aliphatic rings. The lowest BCUT2D eigenvalue weighted by Gasteiger charge is -2.14. The molecule has 0 radical (unpaired) electrons. The maximum Gasteiger partial charge on any atom is 0.253 e. The summed E-state index contributed by atoms with van der Waals surface area (Å²) >= 11 is 0. The SMILES string of the molecule is CCOCCO[C@H](C)C(=O)Nc1cccc(OCc2ccccn2)c1. The Bertz CT molecular complexity index is 649. The molecule has 1 amide bonds. The Kier molecular flexibility index (Phi) is 7.88. The van der Waals surface area contributed by atoms with Gasteiger partial charge in [-0.1, -0.05) is 12.1 Å². The molecule has 0 saturated carbocycles. The van der Waals surface area contributed by atoms with Gasteiger partial charge in [0.15, 0.2) is 0 Å². The zero-order valence-corrected chi connectivity index (χ0v) is 14.6. The fourth-order valence-electron chi connectivity index (χ4n) is 2.05. The summed E-state index contributed by atoms with van der Waals surface area (Å²) in [7, 11) is 0. The van der Waals surface area contributed by atoms with E-state index in [2.05, 4.69) is 10.3 Å². The van der Waals surface area contributed by atoms with Gasteiger partial charge in [0.05, 0.1) is 18.9 Å². The van der Waals surface area contributed by atoms with E-state index in [1.807, 2.05) is 37.3 Å². The quantitative estimate of drug-likeness (QED) is 0.671. The Morgan fingerprint density at radius 3 is 2.84 bits per heavy atom. The van der Waals surface area contributed by atoms with Gasteiger partial charge in [-0.05, 0) is 38.1 Å². The number of pyridine rings is 1. The van der Waals surface area contributed by atoms with E-state index < -0.39 is 6.10 Å². The van der Waals surface area contributed by atoms with Crippen LogP contribution in [0.1, 0.15) is 19.5 Å². The molecule has 0 spiro atoms. The highest BCUT2D eigenvalue weighted by molar-refractivity contribution is 5.94. The first kappa shape index (κ1) is 18.9. The maximum atomic E-state index is 12.1. The van der Waals surface area contributed by atoms with Gasteiger partial charge < -0.3 is 19.5 Å². The van der Waals surface area contributed by atoms with E-state index >= 15 is 0 Å². The first-order valence-electron chi connectivity index (χ1n) is 8.32. The van der Waals surface area contributed by atoms with Crippen molar-refractivity contribution in [1.29, 1.82) is 0 Å². The largest absolute Gasteiger partial charge is 0.487 e. The minimum absolute atomic E-state index is 0.210. The maximum absolute atomic E-state index is 12.1. The van der Waals surface area contributed by atoms with Gasteiger partial charge in [-0.2, -0.15) is 0 Å². The van der Waals surface area contributed by atoms with Crippen LogP contribution in [0.2, 0.25) is 0 Å². The van der Waals surface area contributed by atoms with Crippen LogP contribution >= 0.6 is 0 Å². The molecule has 0 unspecified atom stereocenters. The van der Waals surface area contributed by atoms with E-state index in [-0.39, 0.29) is 5.91 Å². The van der Waals surface area contributed by atoms with Gasteiger partial charge in [-0.15, -0.1) is 0 Å². The second-order valence-corrected chi connectivity index (χ2v) is 5.34. The van der Waals surface area contributed by atoms with Crippen LogP contribution < -0.4 is 10.1 Å². The number of carbonyl (C=O) groups is 1. The monoisotopic (exact) mass is 344 g/mol. The molecule has 1 heterocycles. The number of ether oxygens (including phenoxy) is 3. The molecule has 134 valence electrons. The molecule has 2 aromatic rings. The van der Waals surface area contributed by atoms with Crippen LogP contribution in [0.5, 0.6) is 5.75 Å². The van der Waals surface area contributed by atoms with Crippen molar-refractivity contribution in [3.8, 4) is 5.75 Å². The molecule has 2 rings (SSSR count). The minimum atomic E-state index is -0.557. The van der Waals surface area contributed by atoms with Crippen LogP contribution in [0.15, 0.2) is 48.7 Å². The number of aromatic nitrogens is 1. The minimum Gasteiger partial charge on any atom is -0.487 e. The highest BCUT2D eigenvalue weighted by Gasteiger charge is 2.13. The molecule has 0 bridgehead atoms. The number of amides is 1. The van der Waals surface area contributed by atoms with E-state index in [1.54, 1.807) is 25.3 Å². The molecule has 1 N–H and O–H groups in total. The summed E-state index contributed by atoms with van der Waals surface area (Å²) in [6.45, 7) is 5.49. The number of carbonyl (C=O) groups excluding carboxylic acids is 1. The van der Waals surface area contributed by atoms with Crippen LogP contribution in [0.3, 0.4) is 0 Å². The summed E-state index contributed by atoms with van der Waals surface area (Å²) < 4.78 is 16.3. The normalized spacial score (nSPS) is 11.8. The molecular formula is C19H24N2O4. The van der Waals surface area contributed by atoms with Crippen molar-refractivity contribution in [2.45, 2.75) is 26.6 Å². The lowest BCUT2D eigenvalue weighted by atomic mass is 10.2. The van der Waals surface area contributed by atoms with E-state index in [0.717, 1.165) is 5.69 Å². The van der Waals surface area contributed by atoms with Crippen molar-refractivity contribution in [3.05, 3.63) is 54.4 Å². The van der Waals surface area contributed by atoms with Gasteiger partial charge in [0.2, 0.25) is 0 Å². The average molecular weight is 344 g/mol. The number of anilines is 1. The van der Waals surface area contributed by atoms with Gasteiger partial charge in [-0.25, -0.2) is 0 Å². The molecule has 0 aliphatic carbocycles. The lowest BCUT2D eigenvalue weighted by molar-refractivity contribution is -0.127. The Morgan fingerprint density at radius 2 is 2.08 bits per heavy atom. The molecule has 0 aliphatic heterocycles. The molecule has 1 aromatic carbocycles. The van der Waals surface area contributed by atoms with Gasteiger partial charge in [-0.3, -0.25) is 9.78 Å². The summed E-state index contributed by atoms with van der Waals surface area (Å²) in [6.07, 6.45) is 1.17. The zero-order valence-electron chi connectivity index (χ0n) is 14.6. The second-order valence-electron chi connectivity index (χ2n) is 5.34. The summed E-state index contributed by atoms with van der Waals surface area (Å²) in [5, 5.41) is 2.82. The van der Waals surface area contributed by atoms with Crippen molar-refractivity contribution in [2.75, 3.05) is 25.1 Å². The zero-order chi connectivity index (χ0) is 17.9. The van der Waals surface area contributed by atoms with Gasteiger partial charge in [0.25, 0.3) is 5.91 Å². The van der Waals surface area contributed by atoms with E-state index in [9.17, 15) is 4.79 Å². The van der Waals surface area contributed by atoms with E-state index in [0.29, 0.717) is 37.9 Å². The summed E-state index contributed by atoms with van der Waals surface area (Å²) in [4.78, 5) is 16.3. The third kappa shape index (κ3) is 6.91. The second kappa shape index (κ2) is 10.4. The van der Waals surface area contributed by atoms with Gasteiger partial charge in [0.1, 0.15) is 18.5 Å². The van der Waals surface area contributed by atoms with Gasteiger partial charge in [0, 0.05) is 24.6 Å². The van der Waals surface area contributed by atoms with Crippen LogP contribution in [-0.4, -0.2) is 36.8 Å². The number of hydrogen-bond donors (Lipinski definition) is 1. The molecule has 6 nitrogen and oxygen atoms in total. The topological polar surface area (TPSA) is 69.7 Å². The first-order valence-corrected chi connectivity index (χ1v) is 8.32. The van der Waals surface area contributed by atoms with Crippen LogP contribution in [0.4, 0.5) is 5.69 Å². The highest BCUT2D eigenvalue weighted by Crippen LogP contribution is 2.18. The Hall–Kier alpha value is -2.44. The molecular weight excluding hydrogens is 320 g/mol. The molecule has 1 atom stereocenters. The molecule has 25 heavy (non-hydrogen) atoms. The average Bonchev–Trinajstić information content (AvgIpc) is 2.64. The third-order valence-corrected chi connectivity index (χ3v) is 3.38. The predicted molar refractivity (Wildman–Crippen MR) is 95.5 cm³/mol. The lowest BCUT2D eigenvalue weighted by Crippen LogP contribution is -2.28. The Labute approximate surface area is 148 Å². The highest BCUT2D eigenvalue weighted by atomic mass is 16.5. The summed E-state index contributed by atoms with van der Waals surface area (Å²) in [5.74, 6) is 0.451. The number of hydrogen-bond acceptors (Lipinski definition) is 5. The summed E-state index contributed by atoms with van der Waals surface area (Å²) in [6, 6.07) is 12.9. The molecule has 1 aromatic heterocycles. The summed E-state index contributed by atoms with van der Waals surface area (Å²) in [5.41, 5.74) is 1.50. The van der Waals surface area contributed by atoms with Crippen LogP contribution in [-0.2, 0) is 20.9 Å². The third-order valence-electron chi connectivity index (χ3n) is 3.38. The van der Waals surface area contributed by atoms with E-state index in [4.69, 9.17) is 14.2 Å². The number of nitrogens with zero attached hydrogens (tertiary/aromatic N) is 1. The predicted octanol–water partition coefficient (Wildman–Crippen LogP) is 3.04. The van der Waals surface area contributed by atoms with Crippen LogP contribution in [0.25, 0.3) is 0 Å². The number of rotatable bonds is 10. The van der Waals surface area contributed by atoms with Crippen molar-refractivity contribution < 1.29 is 19.0 Å². The number of nitrogens with one attached hydrogen (secondary N) is 1. The Morgan fingerprint density at radius 1 is 1.20 bits per heavy atom. The first-order chi connectivity index (χ1) is 12.2. The fourth-order valence-corrected chi connectivity index (χ4v) is 2.05. The van der Waals surface area contributed by atoms with Crippen molar-refractivity contribution in [2.24, 2.45) is 0 Å². The van der Waals surface area contributed by atoms with Crippen LogP contribution in [0, 0.1) is 0 Å². The molecule has 0 saturated heterocycles. The fraction of sp³-hybridized carbons (Fsp3) is 0.368. The van der Waals surface area contributed by atoms with E-state index in [1.165, 1.54) is 0 Å². The Balaban J connectivity index is 1.82. The molecule has 0 fully saturated rings. The molecule has 6 heteroatoms. The smallest absolute Gasteiger partial charge is 0.253 e. The number of benzene rings is 1. The van der Waals surface area contributed by atoms with Gasteiger partial charge >= 0.3 is 0 Å². The standard InChI is InChI=1S/C19H24N2O4/c1-3-23-11-12-24-15(2)19(22)21-16-8-6-9-18(13-16)25-14-17-7-4-5-10-20-17/h4-10,13,15H,3,11-12,14H2,1-2H3,(H,21,22)/t15-/m1/s1. The van der Waals surface area contributed by atoms with Crippen molar-refractivity contribution >= 4 is 11.6 Å².